The Balaban J connectivity index is 2.32. The number of carboxylic acids is 1. The molecule has 1 amide bonds. The third kappa shape index (κ3) is 7.60. The summed E-state index contributed by atoms with van der Waals surface area (Å²) in [5.41, 5.74) is -0.652. The van der Waals surface area contributed by atoms with Gasteiger partial charge in [-0.25, -0.2) is 9.59 Å². The fraction of sp³-hybridized carbons (Fsp3) is 0.615. The largest absolute Gasteiger partial charge is 0.480 e. The molecule has 0 aromatic carbocycles. The minimum absolute atomic E-state index is 0.274. The van der Waals surface area contributed by atoms with Crippen molar-refractivity contribution in [1.29, 1.82) is 0 Å². The molecule has 1 unspecified atom stereocenters. The first kappa shape index (κ1) is 17.4. The number of hydrogen-bond donors (Lipinski definition) is 2. The molecule has 0 fully saturated rings. The van der Waals surface area contributed by atoms with Gasteiger partial charge in [0.15, 0.2) is 0 Å². The highest BCUT2D eigenvalue weighted by molar-refractivity contribution is 7.99. The van der Waals surface area contributed by atoms with Crippen molar-refractivity contribution in [2.75, 3.05) is 11.5 Å². The fourth-order valence-corrected chi connectivity index (χ4v) is 2.36. The molecule has 1 aromatic heterocycles. The highest BCUT2D eigenvalue weighted by Crippen LogP contribution is 2.09. The van der Waals surface area contributed by atoms with Crippen molar-refractivity contribution in [2.24, 2.45) is 0 Å². The van der Waals surface area contributed by atoms with Gasteiger partial charge in [-0.1, -0.05) is 0 Å². The summed E-state index contributed by atoms with van der Waals surface area (Å²) in [6, 6.07) is 0.858. The first-order valence-corrected chi connectivity index (χ1v) is 7.71. The van der Waals surface area contributed by atoms with Crippen LogP contribution in [-0.4, -0.2) is 50.1 Å². The zero-order chi connectivity index (χ0) is 15.9. The lowest BCUT2D eigenvalue weighted by Gasteiger charge is -2.21. The van der Waals surface area contributed by atoms with Gasteiger partial charge < -0.3 is 15.2 Å². The van der Waals surface area contributed by atoms with Gasteiger partial charge in [-0.05, 0) is 26.8 Å². The van der Waals surface area contributed by atoms with Gasteiger partial charge in [-0.3, -0.25) is 4.68 Å². The number of aromatic nitrogens is 2. The molecular formula is C13H21N3O4S. The molecule has 1 atom stereocenters. The summed E-state index contributed by atoms with van der Waals surface area (Å²) in [6.07, 6.45) is 2.81. The highest BCUT2D eigenvalue weighted by Gasteiger charge is 2.23. The first-order chi connectivity index (χ1) is 9.78. The predicted octanol–water partition coefficient (Wildman–Crippen LogP) is 1.59. The lowest BCUT2D eigenvalue weighted by atomic mass is 10.2. The maximum Gasteiger partial charge on any atom is 0.408 e. The van der Waals surface area contributed by atoms with Crippen LogP contribution in [0.1, 0.15) is 20.8 Å². The van der Waals surface area contributed by atoms with Gasteiger partial charge in [0.25, 0.3) is 0 Å². The van der Waals surface area contributed by atoms with Crippen LogP contribution >= 0.6 is 11.8 Å². The number of carbonyl (C=O) groups is 2. The van der Waals surface area contributed by atoms with Crippen LogP contribution in [-0.2, 0) is 16.1 Å². The Hall–Kier alpha value is -1.70. The van der Waals surface area contributed by atoms with E-state index >= 15 is 0 Å². The maximum absolute atomic E-state index is 11.6. The Labute approximate surface area is 128 Å². The van der Waals surface area contributed by atoms with E-state index < -0.39 is 23.7 Å². The second-order valence-electron chi connectivity index (χ2n) is 5.38. The van der Waals surface area contributed by atoms with Crippen LogP contribution < -0.4 is 5.32 Å². The normalized spacial score (nSPS) is 12.7. The molecule has 0 aliphatic carbocycles. The molecule has 2 N–H and O–H groups in total. The van der Waals surface area contributed by atoms with Crippen LogP contribution in [0, 0.1) is 0 Å². The standard InChI is InChI=1S/C13H21N3O4S/c1-13(2,3)20-12(19)15-10(11(17)18)9-21-8-7-16-6-4-5-14-16/h4-6,10H,7-9H2,1-3H3,(H,15,19)(H,17,18). The van der Waals surface area contributed by atoms with Crippen LogP contribution in [0.25, 0.3) is 0 Å². The molecule has 1 heterocycles. The number of ether oxygens (including phenoxy) is 1. The van der Waals surface area contributed by atoms with Gasteiger partial charge in [0, 0.05) is 30.4 Å². The van der Waals surface area contributed by atoms with Crippen LogP contribution in [0.15, 0.2) is 18.5 Å². The average Bonchev–Trinajstić information content (AvgIpc) is 2.83. The second kappa shape index (κ2) is 7.92. The van der Waals surface area contributed by atoms with Crippen molar-refractivity contribution in [3.8, 4) is 0 Å². The number of amides is 1. The van der Waals surface area contributed by atoms with Crippen molar-refractivity contribution < 1.29 is 19.4 Å². The van der Waals surface area contributed by atoms with Crippen LogP contribution in [0.4, 0.5) is 4.79 Å². The molecule has 0 aliphatic heterocycles. The molecule has 0 saturated carbocycles. The molecule has 0 aliphatic rings. The van der Waals surface area contributed by atoms with Gasteiger partial charge in [-0.2, -0.15) is 16.9 Å². The zero-order valence-electron chi connectivity index (χ0n) is 12.4. The van der Waals surface area contributed by atoms with Gasteiger partial charge in [0.2, 0.25) is 0 Å². The fourth-order valence-electron chi connectivity index (χ4n) is 1.42. The number of hydrogen-bond acceptors (Lipinski definition) is 5. The second-order valence-corrected chi connectivity index (χ2v) is 6.53. The Kier molecular flexibility index (Phi) is 6.54. The molecule has 0 bridgehead atoms. The van der Waals surface area contributed by atoms with E-state index in [2.05, 4.69) is 10.4 Å². The van der Waals surface area contributed by atoms with E-state index in [0.717, 1.165) is 0 Å². The summed E-state index contributed by atoms with van der Waals surface area (Å²) < 4.78 is 6.81. The molecule has 0 saturated heterocycles. The Morgan fingerprint density at radius 3 is 2.71 bits per heavy atom. The predicted molar refractivity (Wildman–Crippen MR) is 80.3 cm³/mol. The van der Waals surface area contributed by atoms with E-state index in [1.54, 1.807) is 31.6 Å². The molecule has 7 nitrogen and oxygen atoms in total. The van der Waals surface area contributed by atoms with E-state index in [1.807, 2.05) is 12.3 Å². The van der Waals surface area contributed by atoms with Gasteiger partial charge in [0.05, 0.1) is 0 Å². The summed E-state index contributed by atoms with van der Waals surface area (Å²) >= 11 is 1.44. The smallest absolute Gasteiger partial charge is 0.408 e. The zero-order valence-corrected chi connectivity index (χ0v) is 13.2. The summed E-state index contributed by atoms with van der Waals surface area (Å²) in [4.78, 5) is 22.7. The number of alkyl carbamates (subject to hydrolysis) is 1. The third-order valence-electron chi connectivity index (χ3n) is 2.30. The SMILES string of the molecule is CC(C)(C)OC(=O)NC(CSCCn1cccn1)C(=O)O. The Bertz CT molecular complexity index is 456. The van der Waals surface area contributed by atoms with E-state index in [0.29, 0.717) is 12.3 Å². The number of aliphatic carboxylic acids is 1. The molecule has 118 valence electrons. The van der Waals surface area contributed by atoms with E-state index in [1.165, 1.54) is 11.8 Å². The summed E-state index contributed by atoms with van der Waals surface area (Å²) in [5, 5.41) is 15.5. The number of nitrogens with one attached hydrogen (secondary N) is 1. The summed E-state index contributed by atoms with van der Waals surface area (Å²) in [5.74, 6) is -0.0930. The van der Waals surface area contributed by atoms with Gasteiger partial charge >= 0.3 is 12.1 Å². The summed E-state index contributed by atoms with van der Waals surface area (Å²) in [7, 11) is 0. The third-order valence-corrected chi connectivity index (χ3v) is 3.34. The summed E-state index contributed by atoms with van der Waals surface area (Å²) in [6.45, 7) is 5.86. The molecule has 8 heteroatoms. The molecule has 1 aromatic rings. The number of aryl methyl sites for hydroxylation is 1. The molecular weight excluding hydrogens is 294 g/mol. The molecule has 21 heavy (non-hydrogen) atoms. The van der Waals surface area contributed by atoms with E-state index in [9.17, 15) is 9.59 Å². The minimum Gasteiger partial charge on any atom is -0.480 e. The highest BCUT2D eigenvalue weighted by atomic mass is 32.2. The van der Waals surface area contributed by atoms with Gasteiger partial charge in [0.1, 0.15) is 11.6 Å². The molecule has 0 radical (unpaired) electrons. The number of nitrogens with zero attached hydrogens (tertiary/aromatic N) is 2. The lowest BCUT2D eigenvalue weighted by Crippen LogP contribution is -2.45. The van der Waals surface area contributed by atoms with Crippen molar-refractivity contribution >= 4 is 23.8 Å². The van der Waals surface area contributed by atoms with E-state index in [4.69, 9.17) is 9.84 Å². The van der Waals surface area contributed by atoms with Crippen molar-refractivity contribution in [3.63, 3.8) is 0 Å². The van der Waals surface area contributed by atoms with Crippen LogP contribution in [0.2, 0.25) is 0 Å². The first-order valence-electron chi connectivity index (χ1n) is 6.55. The quantitative estimate of drug-likeness (QED) is 0.742. The van der Waals surface area contributed by atoms with Crippen LogP contribution in [0.5, 0.6) is 0 Å². The number of thioether (sulfide) groups is 1. The Morgan fingerprint density at radius 2 is 2.19 bits per heavy atom. The monoisotopic (exact) mass is 315 g/mol. The Morgan fingerprint density at radius 1 is 1.48 bits per heavy atom. The number of rotatable bonds is 7. The molecule has 0 spiro atoms. The van der Waals surface area contributed by atoms with Crippen molar-refractivity contribution in [2.45, 2.75) is 39.0 Å². The minimum atomic E-state index is -1.08. The molecule has 1 rings (SSSR count). The number of carboxylic acid groups (broad SMARTS) is 1. The van der Waals surface area contributed by atoms with Crippen molar-refractivity contribution in [1.82, 2.24) is 15.1 Å². The van der Waals surface area contributed by atoms with Crippen molar-refractivity contribution in [3.05, 3.63) is 18.5 Å². The average molecular weight is 315 g/mol. The van der Waals surface area contributed by atoms with Crippen LogP contribution in [0.3, 0.4) is 0 Å². The van der Waals surface area contributed by atoms with Gasteiger partial charge in [-0.15, -0.1) is 0 Å². The number of carbonyl (C=O) groups excluding carboxylic acids is 1. The topological polar surface area (TPSA) is 93.5 Å². The lowest BCUT2D eigenvalue weighted by molar-refractivity contribution is -0.138. The maximum atomic E-state index is 11.6. The van der Waals surface area contributed by atoms with E-state index in [-0.39, 0.29) is 5.75 Å².